The summed E-state index contributed by atoms with van der Waals surface area (Å²) in [4.78, 5) is 4.25. The van der Waals surface area contributed by atoms with Gasteiger partial charge in [-0.1, -0.05) is 23.4 Å². The highest BCUT2D eigenvalue weighted by Gasteiger charge is 2.12. The number of rotatable bonds is 5. The van der Waals surface area contributed by atoms with E-state index in [1.807, 2.05) is 22.3 Å². The molecule has 1 aromatic carbocycles. The van der Waals surface area contributed by atoms with Gasteiger partial charge in [0.05, 0.1) is 12.2 Å². The van der Waals surface area contributed by atoms with Crippen LogP contribution in [0.25, 0.3) is 10.7 Å². The highest BCUT2D eigenvalue weighted by atomic mass is 32.1. The van der Waals surface area contributed by atoms with Crippen LogP contribution in [0.2, 0.25) is 0 Å². The average Bonchev–Trinajstić information content (AvgIpc) is 3.17. The van der Waals surface area contributed by atoms with Crippen LogP contribution < -0.4 is 4.74 Å². The van der Waals surface area contributed by atoms with Crippen molar-refractivity contribution < 1.29 is 4.74 Å². The van der Waals surface area contributed by atoms with Gasteiger partial charge >= 0.3 is 0 Å². The summed E-state index contributed by atoms with van der Waals surface area (Å²) in [5.41, 5.74) is 3.09. The van der Waals surface area contributed by atoms with E-state index in [0.717, 1.165) is 27.6 Å². The Balaban J connectivity index is 1.69. The van der Waals surface area contributed by atoms with E-state index in [1.54, 1.807) is 17.5 Å². The minimum Gasteiger partial charge on any atom is -0.491 e. The molecule has 2 aromatic heterocycles. The largest absolute Gasteiger partial charge is 0.491 e. The fourth-order valence-electron chi connectivity index (χ4n) is 2.25. The van der Waals surface area contributed by atoms with E-state index in [2.05, 4.69) is 48.2 Å². The van der Waals surface area contributed by atoms with Gasteiger partial charge in [-0.25, -0.2) is 9.67 Å². The monoisotopic (exact) mass is 314 g/mol. The number of ether oxygens (including phenoxy) is 1. The third-order valence-electron chi connectivity index (χ3n) is 3.49. The fourth-order valence-corrected chi connectivity index (χ4v) is 2.83. The van der Waals surface area contributed by atoms with Crippen LogP contribution in [0.4, 0.5) is 0 Å². The molecule has 3 aromatic rings. The van der Waals surface area contributed by atoms with Crippen LogP contribution in [-0.2, 0) is 0 Å². The Morgan fingerprint density at radius 3 is 2.73 bits per heavy atom. The maximum absolute atomic E-state index is 5.98. The van der Waals surface area contributed by atoms with E-state index in [1.165, 1.54) is 0 Å². The van der Waals surface area contributed by atoms with E-state index in [0.29, 0.717) is 6.61 Å². The van der Waals surface area contributed by atoms with Crippen LogP contribution in [0, 0.1) is 13.8 Å². The summed E-state index contributed by atoms with van der Waals surface area (Å²) >= 11 is 1.56. The second kappa shape index (κ2) is 6.27. The molecule has 0 N–H and O–H groups in total. The quantitative estimate of drug-likeness (QED) is 0.721. The smallest absolute Gasteiger partial charge is 0.145 e. The molecule has 0 bridgehead atoms. The average molecular weight is 314 g/mol. The zero-order chi connectivity index (χ0) is 15.5. The molecule has 1 atom stereocenters. The lowest BCUT2D eigenvalue weighted by Crippen LogP contribution is -2.15. The first kappa shape index (κ1) is 14.7. The number of nitrogens with zero attached hydrogens (tertiary/aromatic N) is 4. The molecule has 1 unspecified atom stereocenters. The fraction of sp³-hybridized carbons (Fsp3) is 0.312. The number of para-hydroxylation sites is 1. The van der Waals surface area contributed by atoms with Crippen molar-refractivity contribution in [2.75, 3.05) is 6.61 Å². The van der Waals surface area contributed by atoms with Crippen LogP contribution in [0.3, 0.4) is 0 Å². The summed E-state index contributed by atoms with van der Waals surface area (Å²) in [6.07, 6.45) is 3.68. The van der Waals surface area contributed by atoms with Crippen molar-refractivity contribution in [3.63, 3.8) is 0 Å². The molecule has 0 aliphatic heterocycles. The molecule has 2 heterocycles. The molecule has 0 aliphatic rings. The molecule has 0 saturated heterocycles. The lowest BCUT2D eigenvalue weighted by molar-refractivity contribution is 0.246. The molecule has 22 heavy (non-hydrogen) atoms. The lowest BCUT2D eigenvalue weighted by atomic mass is 10.1. The molecular weight excluding hydrogens is 296 g/mol. The summed E-state index contributed by atoms with van der Waals surface area (Å²) in [5.74, 6) is 0.953. The number of aromatic nitrogens is 4. The van der Waals surface area contributed by atoms with E-state index >= 15 is 0 Å². The summed E-state index contributed by atoms with van der Waals surface area (Å²) in [6.45, 7) is 6.73. The van der Waals surface area contributed by atoms with Gasteiger partial charge in [0.1, 0.15) is 23.1 Å². The van der Waals surface area contributed by atoms with Crippen molar-refractivity contribution in [1.29, 1.82) is 0 Å². The Kier molecular flexibility index (Phi) is 4.20. The van der Waals surface area contributed by atoms with Crippen LogP contribution >= 0.6 is 11.3 Å². The predicted molar refractivity (Wildman–Crippen MR) is 87.3 cm³/mol. The van der Waals surface area contributed by atoms with Crippen LogP contribution in [0.1, 0.15) is 24.1 Å². The molecule has 3 rings (SSSR count). The van der Waals surface area contributed by atoms with Gasteiger partial charge in [0, 0.05) is 11.6 Å². The maximum Gasteiger partial charge on any atom is 0.145 e. The first-order valence-corrected chi connectivity index (χ1v) is 8.04. The van der Waals surface area contributed by atoms with Crippen LogP contribution in [0.5, 0.6) is 5.75 Å². The maximum atomic E-state index is 5.98. The minimum absolute atomic E-state index is 0.0974. The Hall–Kier alpha value is -2.21. The normalized spacial score (nSPS) is 12.3. The van der Waals surface area contributed by atoms with Crippen molar-refractivity contribution in [2.24, 2.45) is 0 Å². The number of benzene rings is 1. The second-order valence-corrected chi connectivity index (χ2v) is 6.20. The van der Waals surface area contributed by atoms with Gasteiger partial charge in [-0.05, 0) is 31.9 Å². The van der Waals surface area contributed by atoms with E-state index in [-0.39, 0.29) is 6.04 Å². The molecule has 0 fully saturated rings. The molecular formula is C16H18N4OS. The first-order chi connectivity index (χ1) is 10.6. The van der Waals surface area contributed by atoms with Gasteiger partial charge < -0.3 is 4.74 Å². The van der Waals surface area contributed by atoms with Crippen molar-refractivity contribution in [2.45, 2.75) is 26.8 Å². The second-order valence-electron chi connectivity index (χ2n) is 5.30. The summed E-state index contributed by atoms with van der Waals surface area (Å²) < 4.78 is 7.81. The first-order valence-electron chi connectivity index (χ1n) is 7.16. The molecule has 6 heteroatoms. The van der Waals surface area contributed by atoms with Gasteiger partial charge in [0.2, 0.25) is 0 Å². The van der Waals surface area contributed by atoms with Crippen molar-refractivity contribution in [1.82, 2.24) is 20.0 Å². The van der Waals surface area contributed by atoms with Crippen molar-refractivity contribution in [3.05, 3.63) is 47.1 Å². The summed E-state index contributed by atoms with van der Waals surface area (Å²) in [7, 11) is 0. The standard InChI is InChI=1S/C16H18N4OS/c1-11-5-4-6-12(2)15(11)21-10-13(3)20-9-14(18-19-20)16-17-7-8-22-16/h4-9,13H,10H2,1-3H3. The molecule has 0 saturated carbocycles. The lowest BCUT2D eigenvalue weighted by Gasteiger charge is -2.16. The number of hydrogen-bond acceptors (Lipinski definition) is 5. The zero-order valence-electron chi connectivity index (χ0n) is 12.9. The molecule has 114 valence electrons. The van der Waals surface area contributed by atoms with Gasteiger partial charge in [0.25, 0.3) is 0 Å². The third-order valence-corrected chi connectivity index (χ3v) is 4.29. The zero-order valence-corrected chi connectivity index (χ0v) is 13.7. The molecule has 5 nitrogen and oxygen atoms in total. The van der Waals surface area contributed by atoms with Crippen LogP contribution in [0.15, 0.2) is 36.0 Å². The minimum atomic E-state index is 0.0974. The Morgan fingerprint density at radius 1 is 1.27 bits per heavy atom. The number of hydrogen-bond donors (Lipinski definition) is 0. The summed E-state index contributed by atoms with van der Waals surface area (Å²) in [6, 6.07) is 6.25. The van der Waals surface area contributed by atoms with Gasteiger partial charge in [-0.15, -0.1) is 16.4 Å². The number of aryl methyl sites for hydroxylation is 2. The van der Waals surface area contributed by atoms with Gasteiger partial charge in [-0.3, -0.25) is 0 Å². The highest BCUT2D eigenvalue weighted by Crippen LogP contribution is 2.24. The SMILES string of the molecule is Cc1cccc(C)c1OCC(C)n1cc(-c2nccs2)nn1. The Morgan fingerprint density at radius 2 is 2.05 bits per heavy atom. The third kappa shape index (κ3) is 3.01. The van der Waals surface area contributed by atoms with E-state index < -0.39 is 0 Å². The molecule has 0 amide bonds. The van der Waals surface area contributed by atoms with E-state index in [4.69, 9.17) is 4.74 Å². The van der Waals surface area contributed by atoms with Crippen LogP contribution in [-0.4, -0.2) is 26.6 Å². The topological polar surface area (TPSA) is 52.8 Å². The van der Waals surface area contributed by atoms with Gasteiger partial charge in [-0.2, -0.15) is 0 Å². The molecule has 0 aliphatic carbocycles. The predicted octanol–water partition coefficient (Wildman–Crippen LogP) is 3.66. The van der Waals surface area contributed by atoms with Gasteiger partial charge in [0.15, 0.2) is 0 Å². The Bertz CT molecular complexity index is 731. The van der Waals surface area contributed by atoms with Crippen molar-refractivity contribution >= 4 is 11.3 Å². The van der Waals surface area contributed by atoms with Crippen molar-refractivity contribution in [3.8, 4) is 16.5 Å². The highest BCUT2D eigenvalue weighted by molar-refractivity contribution is 7.13. The summed E-state index contributed by atoms with van der Waals surface area (Å²) in [5, 5.41) is 11.2. The molecule has 0 radical (unpaired) electrons. The van der Waals surface area contributed by atoms with E-state index in [9.17, 15) is 0 Å². The molecule has 0 spiro atoms. The number of thiazole rings is 1. The Labute approximate surface area is 133 Å².